The van der Waals surface area contributed by atoms with Crippen molar-refractivity contribution in [2.45, 2.75) is 44.8 Å². The van der Waals surface area contributed by atoms with E-state index in [1.54, 1.807) is 11.4 Å². The van der Waals surface area contributed by atoms with E-state index in [1.165, 1.54) is 19.3 Å². The van der Waals surface area contributed by atoms with Crippen molar-refractivity contribution in [1.82, 2.24) is 14.9 Å². The number of rotatable bonds is 7. The van der Waals surface area contributed by atoms with Gasteiger partial charge in [0.25, 0.3) is 0 Å². The van der Waals surface area contributed by atoms with E-state index >= 15 is 0 Å². The number of halogens is 1. The molecule has 1 spiro atoms. The SMILES string of the molecule is CCOC1CC(NC(=NC)NCCS(=O)(=O)N2CCSCC2)C12CCC2.I. The number of ether oxygens (including phenoxy) is 1. The fraction of sp³-hybridized carbons (Fsp3) is 0.941. The summed E-state index contributed by atoms with van der Waals surface area (Å²) in [5, 5.41) is 6.68. The van der Waals surface area contributed by atoms with E-state index in [2.05, 4.69) is 22.5 Å². The van der Waals surface area contributed by atoms with E-state index in [9.17, 15) is 8.42 Å². The molecule has 1 aliphatic heterocycles. The Bertz CT molecular complexity index is 607. The molecule has 3 rings (SSSR count). The van der Waals surface area contributed by atoms with Crippen LogP contribution in [0.4, 0.5) is 0 Å². The van der Waals surface area contributed by atoms with Crippen LogP contribution >= 0.6 is 35.7 Å². The van der Waals surface area contributed by atoms with E-state index in [0.717, 1.165) is 24.5 Å². The molecule has 2 aliphatic carbocycles. The Morgan fingerprint density at radius 1 is 1.33 bits per heavy atom. The molecule has 1 saturated heterocycles. The molecule has 0 aromatic heterocycles. The first-order valence-electron chi connectivity index (χ1n) is 9.66. The highest BCUT2D eigenvalue weighted by Crippen LogP contribution is 2.57. The van der Waals surface area contributed by atoms with E-state index < -0.39 is 10.0 Å². The van der Waals surface area contributed by atoms with Crippen molar-refractivity contribution in [1.29, 1.82) is 0 Å². The monoisotopic (exact) mass is 532 g/mol. The van der Waals surface area contributed by atoms with Crippen LogP contribution in [0.15, 0.2) is 4.99 Å². The van der Waals surface area contributed by atoms with E-state index in [4.69, 9.17) is 4.74 Å². The predicted molar refractivity (Wildman–Crippen MR) is 123 cm³/mol. The third-order valence-corrected chi connectivity index (χ3v) is 8.80. The molecule has 3 aliphatic rings. The molecular weight excluding hydrogens is 499 g/mol. The summed E-state index contributed by atoms with van der Waals surface area (Å²) < 4.78 is 32.3. The number of hydrogen-bond acceptors (Lipinski definition) is 5. The van der Waals surface area contributed by atoms with Gasteiger partial charge in [0.05, 0.1) is 11.9 Å². The lowest BCUT2D eigenvalue weighted by Crippen LogP contribution is -2.68. The molecule has 0 radical (unpaired) electrons. The fourth-order valence-corrected chi connectivity index (χ4v) is 6.74. The van der Waals surface area contributed by atoms with Crippen LogP contribution in [0, 0.1) is 5.41 Å². The molecule has 10 heteroatoms. The maximum Gasteiger partial charge on any atom is 0.215 e. The van der Waals surface area contributed by atoms with E-state index in [1.807, 2.05) is 11.8 Å². The van der Waals surface area contributed by atoms with Crippen molar-refractivity contribution >= 4 is 51.7 Å². The molecule has 2 saturated carbocycles. The molecule has 0 aromatic rings. The van der Waals surface area contributed by atoms with Crippen molar-refractivity contribution in [3.63, 3.8) is 0 Å². The Hall–Kier alpha value is 0.220. The summed E-state index contributed by atoms with van der Waals surface area (Å²) in [6, 6.07) is 0.370. The van der Waals surface area contributed by atoms with Gasteiger partial charge >= 0.3 is 0 Å². The molecule has 0 amide bonds. The Kier molecular flexibility index (Phi) is 8.97. The van der Waals surface area contributed by atoms with Crippen LogP contribution in [0.2, 0.25) is 0 Å². The summed E-state index contributed by atoms with van der Waals surface area (Å²) in [6.45, 7) is 4.45. The number of nitrogens with one attached hydrogen (secondary N) is 2. The van der Waals surface area contributed by atoms with Gasteiger partial charge in [-0.25, -0.2) is 12.7 Å². The van der Waals surface area contributed by atoms with Gasteiger partial charge in [-0.05, 0) is 26.2 Å². The highest BCUT2D eigenvalue weighted by molar-refractivity contribution is 14.0. The maximum absolute atomic E-state index is 12.4. The molecule has 2 unspecified atom stereocenters. The Balaban J connectivity index is 0.00000261. The minimum Gasteiger partial charge on any atom is -0.378 e. The van der Waals surface area contributed by atoms with Crippen LogP contribution in [0.3, 0.4) is 0 Å². The summed E-state index contributed by atoms with van der Waals surface area (Å²) in [6.07, 6.45) is 5.02. The van der Waals surface area contributed by atoms with Crippen LogP contribution in [0.1, 0.15) is 32.6 Å². The highest BCUT2D eigenvalue weighted by atomic mass is 127. The number of guanidine groups is 1. The van der Waals surface area contributed by atoms with Crippen molar-refractivity contribution in [3.8, 4) is 0 Å². The average Bonchev–Trinajstić information content (AvgIpc) is 2.58. The number of hydrogen-bond donors (Lipinski definition) is 2. The summed E-state index contributed by atoms with van der Waals surface area (Å²) in [4.78, 5) is 4.28. The van der Waals surface area contributed by atoms with Gasteiger partial charge < -0.3 is 15.4 Å². The zero-order chi connectivity index (χ0) is 18.6. The molecular formula is C17H33IN4O3S2. The molecule has 1 heterocycles. The van der Waals surface area contributed by atoms with Gasteiger partial charge in [0.15, 0.2) is 5.96 Å². The minimum atomic E-state index is -3.18. The average molecular weight is 533 g/mol. The first-order chi connectivity index (χ1) is 12.5. The van der Waals surface area contributed by atoms with Crippen LogP contribution < -0.4 is 10.6 Å². The van der Waals surface area contributed by atoms with E-state index in [0.29, 0.717) is 37.7 Å². The van der Waals surface area contributed by atoms with Crippen LogP contribution in [-0.4, -0.2) is 81.4 Å². The highest BCUT2D eigenvalue weighted by Gasteiger charge is 2.59. The lowest BCUT2D eigenvalue weighted by Gasteiger charge is -2.61. The van der Waals surface area contributed by atoms with Crippen molar-refractivity contribution in [2.24, 2.45) is 10.4 Å². The second-order valence-electron chi connectivity index (χ2n) is 7.29. The zero-order valence-corrected chi connectivity index (χ0v) is 20.2. The lowest BCUT2D eigenvalue weighted by molar-refractivity contribution is -0.168. The Morgan fingerprint density at radius 3 is 2.59 bits per heavy atom. The largest absolute Gasteiger partial charge is 0.378 e. The molecule has 7 nitrogen and oxygen atoms in total. The summed E-state index contributed by atoms with van der Waals surface area (Å²) in [5.74, 6) is 2.58. The number of aliphatic imine (C=N–C) groups is 1. The van der Waals surface area contributed by atoms with Gasteiger partial charge in [-0.15, -0.1) is 24.0 Å². The molecule has 0 bridgehead atoms. The number of thioether (sulfide) groups is 1. The maximum atomic E-state index is 12.4. The third-order valence-electron chi connectivity index (χ3n) is 5.99. The second kappa shape index (κ2) is 10.3. The number of sulfonamides is 1. The Labute approximate surface area is 184 Å². The lowest BCUT2D eigenvalue weighted by atomic mass is 9.51. The van der Waals surface area contributed by atoms with Crippen molar-refractivity contribution < 1.29 is 13.2 Å². The second-order valence-corrected chi connectivity index (χ2v) is 10.6. The van der Waals surface area contributed by atoms with Gasteiger partial charge in [0.2, 0.25) is 10.0 Å². The van der Waals surface area contributed by atoms with Gasteiger partial charge in [0.1, 0.15) is 0 Å². The fourth-order valence-electron chi connectivity index (χ4n) is 4.25. The third kappa shape index (κ3) is 5.23. The smallest absolute Gasteiger partial charge is 0.215 e. The Morgan fingerprint density at radius 2 is 2.04 bits per heavy atom. The zero-order valence-electron chi connectivity index (χ0n) is 16.3. The van der Waals surface area contributed by atoms with Crippen molar-refractivity contribution in [3.05, 3.63) is 0 Å². The summed E-state index contributed by atoms with van der Waals surface area (Å²) in [7, 11) is -1.45. The van der Waals surface area contributed by atoms with Gasteiger partial charge in [-0.1, -0.05) is 6.42 Å². The first kappa shape index (κ1) is 23.5. The topological polar surface area (TPSA) is 83.0 Å². The summed E-state index contributed by atoms with van der Waals surface area (Å²) in [5.41, 5.74) is 0.255. The van der Waals surface area contributed by atoms with Gasteiger partial charge in [0, 0.05) is 56.3 Å². The number of nitrogens with zero attached hydrogens (tertiary/aromatic N) is 2. The quantitative estimate of drug-likeness (QED) is 0.294. The van der Waals surface area contributed by atoms with Crippen molar-refractivity contribution in [2.75, 3.05) is 50.5 Å². The van der Waals surface area contributed by atoms with Crippen LogP contribution in [0.25, 0.3) is 0 Å². The van der Waals surface area contributed by atoms with E-state index in [-0.39, 0.29) is 35.1 Å². The van der Waals surface area contributed by atoms with Gasteiger partial charge in [-0.3, -0.25) is 4.99 Å². The normalized spacial score (nSPS) is 28.0. The summed E-state index contributed by atoms with van der Waals surface area (Å²) >= 11 is 1.81. The molecule has 2 N–H and O–H groups in total. The first-order valence-corrected chi connectivity index (χ1v) is 12.4. The van der Waals surface area contributed by atoms with Crippen LogP contribution in [0.5, 0.6) is 0 Å². The minimum absolute atomic E-state index is 0. The standard InChI is InChI=1S/C17H32N4O3S2.HI/c1-3-24-15-13-14(17(15)5-4-6-17)20-16(18-2)19-7-12-26(22,23)21-8-10-25-11-9-21;/h14-15H,3-13H2,1-2H3,(H2,18,19,20);1H. The molecule has 27 heavy (non-hydrogen) atoms. The van der Waals surface area contributed by atoms with Crippen LogP contribution in [-0.2, 0) is 14.8 Å². The molecule has 3 fully saturated rings. The molecule has 2 atom stereocenters. The van der Waals surface area contributed by atoms with Gasteiger partial charge in [-0.2, -0.15) is 11.8 Å². The predicted octanol–water partition coefficient (Wildman–Crippen LogP) is 1.50. The molecule has 158 valence electrons. The molecule has 0 aromatic carbocycles.